The van der Waals surface area contributed by atoms with Crippen molar-refractivity contribution in [1.82, 2.24) is 10.2 Å². The van der Waals surface area contributed by atoms with E-state index < -0.39 is 0 Å². The smallest absolute Gasteiger partial charge is 0.173 e. The number of nitrogens with zero attached hydrogens (tertiary/aromatic N) is 1. The first-order valence-electron chi connectivity index (χ1n) is 8.91. The van der Waals surface area contributed by atoms with Gasteiger partial charge in [-0.25, -0.2) is 0 Å². The van der Waals surface area contributed by atoms with Crippen LogP contribution in [0.5, 0.6) is 5.75 Å². The minimum absolute atomic E-state index is 0.0408. The van der Waals surface area contributed by atoms with Crippen molar-refractivity contribution in [3.63, 3.8) is 0 Å². The molecule has 0 saturated carbocycles. The Bertz CT molecular complexity index is 886. The van der Waals surface area contributed by atoms with Gasteiger partial charge in [0.25, 0.3) is 0 Å². The second-order valence-electron chi connectivity index (χ2n) is 6.84. The zero-order valence-corrected chi connectivity index (χ0v) is 16.9. The Kier molecular flexibility index (Phi) is 5.61. The highest BCUT2D eigenvalue weighted by molar-refractivity contribution is 7.80. The van der Waals surface area contributed by atoms with E-state index in [1.807, 2.05) is 43.1 Å². The van der Waals surface area contributed by atoms with Crippen molar-refractivity contribution in [3.05, 3.63) is 76.5 Å². The number of ether oxygens (including phenoxy) is 1. The number of carbonyl (C=O) groups excluding carboxylic acids is 1. The van der Waals surface area contributed by atoms with Gasteiger partial charge in [-0.05, 0) is 56.2 Å². The predicted molar refractivity (Wildman–Crippen MR) is 112 cm³/mol. The van der Waals surface area contributed by atoms with Gasteiger partial charge in [0.15, 0.2) is 10.9 Å². The SMILES string of the molecule is CC(=O)C1=C(C)N(C)C(=S)NC1c1ccc(OCc2ccc(C)cc2)cc1. The maximum absolute atomic E-state index is 12.2. The summed E-state index contributed by atoms with van der Waals surface area (Å²) in [6.45, 7) is 6.11. The standard InChI is InChI=1S/C22H24N2O2S/c1-14-5-7-17(8-6-14)13-26-19-11-9-18(10-12-19)21-20(16(3)25)15(2)24(4)22(27)23-21/h5-12,21H,13H2,1-4H3,(H,23,27). The number of Topliss-reactive ketones (excluding diaryl/α,β-unsaturated/α-hetero) is 1. The fourth-order valence-electron chi connectivity index (χ4n) is 3.15. The molecule has 27 heavy (non-hydrogen) atoms. The summed E-state index contributed by atoms with van der Waals surface area (Å²) in [4.78, 5) is 14.0. The summed E-state index contributed by atoms with van der Waals surface area (Å²) in [6, 6.07) is 15.9. The Morgan fingerprint density at radius 3 is 2.33 bits per heavy atom. The lowest BCUT2D eigenvalue weighted by atomic mass is 9.92. The molecule has 1 unspecified atom stereocenters. The Hall–Kier alpha value is -2.66. The van der Waals surface area contributed by atoms with E-state index in [9.17, 15) is 4.79 Å². The summed E-state index contributed by atoms with van der Waals surface area (Å²) in [5.74, 6) is 0.832. The van der Waals surface area contributed by atoms with Crippen LogP contribution in [0.1, 0.15) is 36.6 Å². The van der Waals surface area contributed by atoms with E-state index in [0.29, 0.717) is 11.7 Å². The summed E-state index contributed by atoms with van der Waals surface area (Å²) >= 11 is 5.40. The van der Waals surface area contributed by atoms with E-state index >= 15 is 0 Å². The van der Waals surface area contributed by atoms with Crippen molar-refractivity contribution in [1.29, 1.82) is 0 Å². The molecule has 2 aromatic rings. The van der Waals surface area contributed by atoms with Crippen LogP contribution in [-0.4, -0.2) is 22.8 Å². The monoisotopic (exact) mass is 380 g/mol. The van der Waals surface area contributed by atoms with Gasteiger partial charge in [0.2, 0.25) is 0 Å². The zero-order valence-electron chi connectivity index (χ0n) is 16.1. The summed E-state index contributed by atoms with van der Waals surface area (Å²) in [6.07, 6.45) is 0. The maximum Gasteiger partial charge on any atom is 0.173 e. The number of ketones is 1. The lowest BCUT2D eigenvalue weighted by Crippen LogP contribution is -2.45. The Balaban J connectivity index is 1.77. The van der Waals surface area contributed by atoms with E-state index in [1.165, 1.54) is 5.56 Å². The summed E-state index contributed by atoms with van der Waals surface area (Å²) in [5, 5.41) is 3.88. The second kappa shape index (κ2) is 7.92. The Labute approximate surface area is 165 Å². The van der Waals surface area contributed by atoms with Crippen LogP contribution in [0.4, 0.5) is 0 Å². The third-order valence-corrected chi connectivity index (χ3v) is 5.26. The van der Waals surface area contributed by atoms with E-state index in [0.717, 1.165) is 28.1 Å². The molecule has 4 nitrogen and oxygen atoms in total. The number of hydrogen-bond acceptors (Lipinski definition) is 3. The number of hydrogen-bond donors (Lipinski definition) is 1. The lowest BCUT2D eigenvalue weighted by molar-refractivity contribution is -0.114. The van der Waals surface area contributed by atoms with Gasteiger partial charge in [-0.2, -0.15) is 0 Å². The zero-order chi connectivity index (χ0) is 19.6. The van der Waals surface area contributed by atoms with E-state index in [-0.39, 0.29) is 11.8 Å². The molecular weight excluding hydrogens is 356 g/mol. The van der Waals surface area contributed by atoms with Crippen LogP contribution in [0.3, 0.4) is 0 Å². The average Bonchev–Trinajstić information content (AvgIpc) is 2.65. The van der Waals surface area contributed by atoms with Crippen molar-refractivity contribution in [2.75, 3.05) is 7.05 Å². The Morgan fingerprint density at radius 1 is 1.11 bits per heavy atom. The van der Waals surface area contributed by atoms with Crippen LogP contribution in [0.2, 0.25) is 0 Å². The van der Waals surface area contributed by atoms with Gasteiger partial charge in [-0.3, -0.25) is 4.79 Å². The molecule has 0 saturated heterocycles. The molecule has 0 amide bonds. The van der Waals surface area contributed by atoms with E-state index in [4.69, 9.17) is 17.0 Å². The Morgan fingerprint density at radius 2 is 1.74 bits per heavy atom. The second-order valence-corrected chi connectivity index (χ2v) is 7.23. The first-order valence-corrected chi connectivity index (χ1v) is 9.32. The molecule has 0 bridgehead atoms. The van der Waals surface area contributed by atoms with Crippen molar-refractivity contribution in [3.8, 4) is 5.75 Å². The molecule has 140 valence electrons. The molecular formula is C22H24N2O2S. The van der Waals surface area contributed by atoms with Crippen molar-refractivity contribution < 1.29 is 9.53 Å². The van der Waals surface area contributed by atoms with Gasteiger partial charge in [-0.1, -0.05) is 42.0 Å². The van der Waals surface area contributed by atoms with Crippen LogP contribution in [0.25, 0.3) is 0 Å². The van der Waals surface area contributed by atoms with Crippen LogP contribution in [0.15, 0.2) is 59.8 Å². The molecule has 5 heteroatoms. The number of benzene rings is 2. The van der Waals surface area contributed by atoms with Gasteiger partial charge >= 0.3 is 0 Å². The van der Waals surface area contributed by atoms with Crippen LogP contribution in [-0.2, 0) is 11.4 Å². The normalized spacial score (nSPS) is 17.0. The van der Waals surface area contributed by atoms with Gasteiger partial charge in [0.1, 0.15) is 12.4 Å². The van der Waals surface area contributed by atoms with Gasteiger partial charge in [-0.15, -0.1) is 0 Å². The van der Waals surface area contributed by atoms with Gasteiger partial charge < -0.3 is 15.0 Å². The molecule has 0 fully saturated rings. The molecule has 1 aliphatic heterocycles. The quantitative estimate of drug-likeness (QED) is 0.784. The van der Waals surface area contributed by atoms with Crippen molar-refractivity contribution in [2.24, 2.45) is 0 Å². The predicted octanol–water partition coefficient (Wildman–Crippen LogP) is 4.30. The van der Waals surface area contributed by atoms with Crippen molar-refractivity contribution >= 4 is 23.1 Å². The number of allylic oxidation sites excluding steroid dienone is 1. The fourth-order valence-corrected chi connectivity index (χ4v) is 3.40. The largest absolute Gasteiger partial charge is 0.489 e. The van der Waals surface area contributed by atoms with E-state index in [2.05, 4.69) is 36.5 Å². The molecule has 3 rings (SSSR count). The van der Waals surface area contributed by atoms with Crippen LogP contribution in [0, 0.1) is 6.92 Å². The third kappa shape index (κ3) is 4.19. The highest BCUT2D eigenvalue weighted by Gasteiger charge is 2.30. The van der Waals surface area contributed by atoms with Gasteiger partial charge in [0.05, 0.1) is 6.04 Å². The summed E-state index contributed by atoms with van der Waals surface area (Å²) in [5.41, 5.74) is 4.97. The van der Waals surface area contributed by atoms with Crippen LogP contribution >= 0.6 is 12.2 Å². The molecule has 1 heterocycles. The number of rotatable bonds is 5. The summed E-state index contributed by atoms with van der Waals surface area (Å²) in [7, 11) is 1.87. The highest BCUT2D eigenvalue weighted by Crippen LogP contribution is 2.31. The first-order chi connectivity index (χ1) is 12.9. The van der Waals surface area contributed by atoms with Gasteiger partial charge in [0, 0.05) is 18.3 Å². The average molecular weight is 381 g/mol. The summed E-state index contributed by atoms with van der Waals surface area (Å²) < 4.78 is 5.87. The lowest BCUT2D eigenvalue weighted by Gasteiger charge is -2.35. The third-order valence-electron chi connectivity index (χ3n) is 4.87. The molecule has 1 aliphatic rings. The topological polar surface area (TPSA) is 41.6 Å². The molecule has 0 aliphatic carbocycles. The maximum atomic E-state index is 12.2. The molecule has 1 N–H and O–H groups in total. The van der Waals surface area contributed by atoms with E-state index in [1.54, 1.807) is 6.92 Å². The first kappa shape index (κ1) is 19.1. The van der Waals surface area contributed by atoms with Crippen LogP contribution < -0.4 is 10.1 Å². The number of nitrogens with one attached hydrogen (secondary N) is 1. The minimum Gasteiger partial charge on any atom is -0.489 e. The fraction of sp³-hybridized carbons (Fsp3) is 0.273. The van der Waals surface area contributed by atoms with Crippen molar-refractivity contribution in [2.45, 2.75) is 33.4 Å². The molecule has 0 radical (unpaired) electrons. The molecule has 1 atom stereocenters. The molecule has 0 spiro atoms. The number of aryl methyl sites for hydroxylation is 1. The minimum atomic E-state index is -0.239. The molecule has 2 aromatic carbocycles. The molecule has 0 aromatic heterocycles. The number of carbonyl (C=O) groups is 1. The highest BCUT2D eigenvalue weighted by atomic mass is 32.1. The number of thiocarbonyl (C=S) groups is 1.